The maximum Gasteiger partial charge on any atom is 1.00 e. The number of aromatic nitrogens is 2. The number of rotatable bonds is 3. The van der Waals surface area contributed by atoms with Crippen molar-refractivity contribution in [2.24, 2.45) is 10.2 Å². The molecule has 1 N–H and O–H groups in total. The molecule has 0 aliphatic carbocycles. The van der Waals surface area contributed by atoms with E-state index in [-0.39, 0.29) is 41.0 Å². The first kappa shape index (κ1) is 14.7. The van der Waals surface area contributed by atoms with Crippen LogP contribution in [-0.2, 0) is 4.79 Å². The van der Waals surface area contributed by atoms with E-state index in [9.17, 15) is 9.90 Å². The van der Waals surface area contributed by atoms with Crippen LogP contribution in [0.3, 0.4) is 0 Å². The molecule has 0 aromatic carbocycles. The van der Waals surface area contributed by atoms with Gasteiger partial charge in [-0.2, -0.15) is 5.10 Å². The van der Waals surface area contributed by atoms with Crippen LogP contribution >= 0.6 is 0 Å². The van der Waals surface area contributed by atoms with Gasteiger partial charge in [-0.1, -0.05) is 0 Å². The van der Waals surface area contributed by atoms with Crippen molar-refractivity contribution in [3.05, 3.63) is 24.3 Å². The average Bonchev–Trinajstić information content (AvgIpc) is 2.26. The Morgan fingerprint density at radius 2 is 2.12 bits per heavy atom. The van der Waals surface area contributed by atoms with Crippen LogP contribution in [0.2, 0.25) is 0 Å². The quantitative estimate of drug-likeness (QED) is 0.246. The smallest absolute Gasteiger partial charge is 0.856 e. The standard InChI is InChI=1S/C8H8N4O3.Na/c1-5(8(14)15)11-12-7(13)6-4-9-2-3-10-6;/h2-4H,1H3,(H,12,13)(H,14,15);/q;+1/p-1/b11-5+;. The van der Waals surface area contributed by atoms with Gasteiger partial charge in [0.1, 0.15) is 5.71 Å². The zero-order chi connectivity index (χ0) is 11.3. The minimum Gasteiger partial charge on any atom is -0.856 e. The van der Waals surface area contributed by atoms with Gasteiger partial charge in [-0.15, -0.1) is 5.10 Å². The normalized spacial score (nSPS) is 11.8. The Hall–Kier alpha value is -1.31. The first-order valence-corrected chi connectivity index (χ1v) is 3.90. The molecule has 16 heavy (non-hydrogen) atoms. The monoisotopic (exact) mass is 230 g/mol. The van der Waals surface area contributed by atoms with Crippen LogP contribution in [0.4, 0.5) is 0 Å². The maximum atomic E-state index is 11.2. The van der Waals surface area contributed by atoms with E-state index in [0.717, 1.165) is 0 Å². The van der Waals surface area contributed by atoms with E-state index in [1.54, 1.807) is 0 Å². The van der Waals surface area contributed by atoms with E-state index in [1.807, 2.05) is 0 Å². The number of nitrogens with zero attached hydrogens (tertiary/aromatic N) is 4. The van der Waals surface area contributed by atoms with Crippen LogP contribution in [0.1, 0.15) is 12.6 Å². The minimum absolute atomic E-state index is 0. The number of hydrogen-bond acceptors (Lipinski definition) is 6. The Morgan fingerprint density at radius 1 is 1.44 bits per heavy atom. The fourth-order valence-electron chi connectivity index (χ4n) is 0.624. The second-order valence-corrected chi connectivity index (χ2v) is 2.49. The average molecular weight is 230 g/mol. The third-order valence-electron chi connectivity index (χ3n) is 1.38. The van der Waals surface area contributed by atoms with Crippen LogP contribution in [0.25, 0.3) is 0 Å². The van der Waals surface area contributed by atoms with E-state index in [2.05, 4.69) is 20.2 Å². The molecule has 78 valence electrons. The SMILES string of the molecule is C/C(=N\N=C([O-])c1cnccn1)C(=O)O.[Na+]. The van der Waals surface area contributed by atoms with Crippen LogP contribution in [0.15, 0.2) is 28.8 Å². The van der Waals surface area contributed by atoms with E-state index in [1.165, 1.54) is 25.5 Å². The second-order valence-electron chi connectivity index (χ2n) is 2.49. The number of carboxylic acids is 1. The van der Waals surface area contributed by atoms with Gasteiger partial charge in [0.25, 0.3) is 0 Å². The van der Waals surface area contributed by atoms with Gasteiger partial charge < -0.3 is 10.2 Å². The summed E-state index contributed by atoms with van der Waals surface area (Å²) in [5.41, 5.74) is -0.258. The Balaban J connectivity index is 0.00000225. The van der Waals surface area contributed by atoms with Crippen LogP contribution in [-0.4, -0.2) is 32.7 Å². The zero-order valence-electron chi connectivity index (χ0n) is 8.78. The molecule has 0 aliphatic heterocycles. The molecule has 1 rings (SSSR count). The van der Waals surface area contributed by atoms with Crippen molar-refractivity contribution in [1.29, 1.82) is 0 Å². The molecular formula is C8H7N4NaO3. The molecule has 0 bridgehead atoms. The summed E-state index contributed by atoms with van der Waals surface area (Å²) in [6.07, 6.45) is 3.95. The van der Waals surface area contributed by atoms with Gasteiger partial charge in [0, 0.05) is 18.3 Å². The third-order valence-corrected chi connectivity index (χ3v) is 1.38. The molecule has 0 saturated heterocycles. The number of aliphatic carboxylic acids is 1. The molecule has 1 heterocycles. The van der Waals surface area contributed by atoms with Gasteiger partial charge in [0.2, 0.25) is 0 Å². The van der Waals surface area contributed by atoms with Crippen molar-refractivity contribution in [2.75, 3.05) is 0 Å². The first-order chi connectivity index (χ1) is 7.11. The molecule has 0 aliphatic rings. The van der Waals surface area contributed by atoms with Gasteiger partial charge in [-0.05, 0) is 6.92 Å². The molecule has 7 nitrogen and oxygen atoms in total. The number of carbonyl (C=O) groups is 1. The van der Waals surface area contributed by atoms with Crippen LogP contribution in [0, 0.1) is 0 Å². The summed E-state index contributed by atoms with van der Waals surface area (Å²) in [6.45, 7) is 1.23. The van der Waals surface area contributed by atoms with Gasteiger partial charge >= 0.3 is 35.5 Å². The predicted molar refractivity (Wildman–Crippen MR) is 49.3 cm³/mol. The van der Waals surface area contributed by atoms with Gasteiger partial charge in [-0.3, -0.25) is 9.97 Å². The minimum atomic E-state index is -1.23. The fraction of sp³-hybridized carbons (Fsp3) is 0.125. The van der Waals surface area contributed by atoms with Crippen molar-refractivity contribution < 1.29 is 44.6 Å². The van der Waals surface area contributed by atoms with Gasteiger partial charge in [-0.25, -0.2) is 4.79 Å². The number of carboxylic acid groups (broad SMARTS) is 1. The fourth-order valence-corrected chi connectivity index (χ4v) is 0.624. The summed E-state index contributed by atoms with van der Waals surface area (Å²) in [7, 11) is 0. The van der Waals surface area contributed by atoms with E-state index < -0.39 is 11.9 Å². The zero-order valence-corrected chi connectivity index (χ0v) is 10.8. The van der Waals surface area contributed by atoms with Gasteiger partial charge in [0.05, 0.1) is 11.9 Å². The second kappa shape index (κ2) is 7.04. The van der Waals surface area contributed by atoms with E-state index in [0.29, 0.717) is 0 Å². The summed E-state index contributed by atoms with van der Waals surface area (Å²) >= 11 is 0. The Kier molecular flexibility index (Phi) is 6.47. The third kappa shape index (κ3) is 4.47. The van der Waals surface area contributed by atoms with E-state index in [4.69, 9.17) is 5.11 Å². The molecule has 0 amide bonds. The van der Waals surface area contributed by atoms with Crippen molar-refractivity contribution >= 4 is 17.6 Å². The van der Waals surface area contributed by atoms with Crippen molar-refractivity contribution in [3.8, 4) is 0 Å². The summed E-state index contributed by atoms with van der Waals surface area (Å²) < 4.78 is 0. The molecule has 8 heteroatoms. The summed E-state index contributed by atoms with van der Waals surface area (Å²) in [5.74, 6) is -1.96. The topological polar surface area (TPSA) is 111 Å². The molecule has 0 atom stereocenters. The van der Waals surface area contributed by atoms with Gasteiger partial charge in [0.15, 0.2) is 0 Å². The Morgan fingerprint density at radius 3 is 2.62 bits per heavy atom. The Bertz CT molecular complexity index is 419. The molecular weight excluding hydrogens is 223 g/mol. The first-order valence-electron chi connectivity index (χ1n) is 3.90. The van der Waals surface area contributed by atoms with E-state index >= 15 is 0 Å². The summed E-state index contributed by atoms with van der Waals surface area (Å²) in [4.78, 5) is 17.7. The molecule has 1 aromatic rings. The predicted octanol–water partition coefficient (Wildman–Crippen LogP) is -3.95. The van der Waals surface area contributed by atoms with Crippen LogP contribution in [0.5, 0.6) is 0 Å². The molecule has 0 spiro atoms. The summed E-state index contributed by atoms with van der Waals surface area (Å²) in [6, 6.07) is 0. The molecule has 0 unspecified atom stereocenters. The molecule has 0 fully saturated rings. The maximum absolute atomic E-state index is 11.2. The number of hydrogen-bond donors (Lipinski definition) is 1. The van der Waals surface area contributed by atoms with Crippen molar-refractivity contribution in [2.45, 2.75) is 6.92 Å². The van der Waals surface area contributed by atoms with Crippen molar-refractivity contribution in [1.82, 2.24) is 9.97 Å². The van der Waals surface area contributed by atoms with Crippen LogP contribution < -0.4 is 34.7 Å². The largest absolute Gasteiger partial charge is 1.00 e. The van der Waals surface area contributed by atoms with Crippen molar-refractivity contribution in [3.63, 3.8) is 0 Å². The molecule has 0 radical (unpaired) electrons. The molecule has 0 saturated carbocycles. The Labute approximate surface area is 113 Å². The summed E-state index contributed by atoms with van der Waals surface area (Å²) in [5, 5.41) is 26.0. The molecule has 1 aromatic heterocycles.